The zero-order chi connectivity index (χ0) is 27.6. The minimum atomic E-state index is -4.49. The molecule has 2 aromatic carbocycles. The van der Waals surface area contributed by atoms with Crippen LogP contribution in [-0.2, 0) is 19.1 Å². The maximum atomic E-state index is 13.4. The summed E-state index contributed by atoms with van der Waals surface area (Å²) in [6.07, 6.45) is -2.35. The van der Waals surface area contributed by atoms with Crippen LogP contribution in [0.25, 0.3) is 11.2 Å². The van der Waals surface area contributed by atoms with Gasteiger partial charge >= 0.3 is 6.18 Å². The molecule has 1 aliphatic heterocycles. The Morgan fingerprint density at radius 2 is 1.46 bits per heavy atom. The van der Waals surface area contributed by atoms with Crippen molar-refractivity contribution >= 4 is 23.0 Å². The van der Waals surface area contributed by atoms with Crippen LogP contribution in [0, 0.1) is 0 Å². The van der Waals surface area contributed by atoms with Gasteiger partial charge in [0.1, 0.15) is 5.52 Å². The summed E-state index contributed by atoms with van der Waals surface area (Å²) in [5.41, 5.74) is 0.393. The Labute approximate surface area is 221 Å². The summed E-state index contributed by atoms with van der Waals surface area (Å²) in [7, 11) is 0. The van der Waals surface area contributed by atoms with E-state index in [2.05, 4.69) is 9.97 Å². The van der Waals surface area contributed by atoms with Crippen LogP contribution in [0.15, 0.2) is 77.7 Å². The van der Waals surface area contributed by atoms with E-state index >= 15 is 0 Å². The number of nitrogens with zero attached hydrogens (tertiary/aromatic N) is 5. The smallest absolute Gasteiger partial charge is 0.335 e. The second-order valence-corrected chi connectivity index (χ2v) is 9.16. The lowest BCUT2D eigenvalue weighted by Crippen LogP contribution is -2.51. The highest BCUT2D eigenvalue weighted by Gasteiger charge is 2.31. The largest absolute Gasteiger partial charge is 0.416 e. The molecule has 0 N–H and O–H groups in total. The zero-order valence-corrected chi connectivity index (χ0v) is 20.8. The zero-order valence-electron chi connectivity index (χ0n) is 20.8. The minimum Gasteiger partial charge on any atom is -0.335 e. The first kappa shape index (κ1) is 26.1. The third-order valence-corrected chi connectivity index (χ3v) is 6.68. The van der Waals surface area contributed by atoms with Crippen LogP contribution < -0.4 is 5.56 Å². The number of carbonyl (C=O) groups is 2. The van der Waals surface area contributed by atoms with Crippen molar-refractivity contribution in [3.8, 4) is 0 Å². The second kappa shape index (κ2) is 10.7. The molecule has 2 amide bonds. The molecule has 0 bridgehead atoms. The van der Waals surface area contributed by atoms with E-state index in [0.29, 0.717) is 24.1 Å². The molecule has 3 heterocycles. The number of halogens is 3. The van der Waals surface area contributed by atoms with Crippen molar-refractivity contribution in [1.82, 2.24) is 24.3 Å². The van der Waals surface area contributed by atoms with Crippen molar-refractivity contribution < 1.29 is 22.8 Å². The average Bonchev–Trinajstić information content (AvgIpc) is 2.96. The van der Waals surface area contributed by atoms with Gasteiger partial charge in [-0.1, -0.05) is 30.3 Å². The molecule has 0 atom stereocenters. The number of rotatable bonds is 5. The molecule has 0 saturated carbocycles. The number of aromatic nitrogens is 3. The molecule has 0 aliphatic carbocycles. The Morgan fingerprint density at radius 1 is 0.821 bits per heavy atom. The first-order valence-electron chi connectivity index (χ1n) is 12.4. The summed E-state index contributed by atoms with van der Waals surface area (Å²) in [6, 6.07) is 17.1. The van der Waals surface area contributed by atoms with Gasteiger partial charge in [-0.05, 0) is 48.4 Å². The van der Waals surface area contributed by atoms with Gasteiger partial charge in [0.15, 0.2) is 11.3 Å². The van der Waals surface area contributed by atoms with Crippen molar-refractivity contribution in [2.24, 2.45) is 0 Å². The Morgan fingerprint density at radius 3 is 2.10 bits per heavy atom. The van der Waals surface area contributed by atoms with E-state index < -0.39 is 29.1 Å². The quantitative estimate of drug-likeness (QED) is 0.389. The highest BCUT2D eigenvalue weighted by Crippen LogP contribution is 2.29. The van der Waals surface area contributed by atoms with E-state index in [-0.39, 0.29) is 37.4 Å². The van der Waals surface area contributed by atoms with Crippen molar-refractivity contribution in [2.45, 2.75) is 19.1 Å². The average molecular weight is 536 g/mol. The van der Waals surface area contributed by atoms with Gasteiger partial charge in [-0.15, -0.1) is 0 Å². The van der Waals surface area contributed by atoms with Gasteiger partial charge in [0.05, 0.1) is 5.56 Å². The van der Waals surface area contributed by atoms with Crippen molar-refractivity contribution in [3.05, 3.63) is 106 Å². The molecule has 2 aromatic heterocycles. The number of aryl methyl sites for hydroxylation is 2. The van der Waals surface area contributed by atoms with Gasteiger partial charge in [0, 0.05) is 44.5 Å². The van der Waals surface area contributed by atoms with E-state index in [0.717, 1.165) is 29.8 Å². The molecular formula is C28H24F3N5O3. The van der Waals surface area contributed by atoms with Crippen molar-refractivity contribution in [1.29, 1.82) is 0 Å². The Bertz CT molecular complexity index is 1560. The molecule has 200 valence electrons. The Kier molecular flexibility index (Phi) is 7.14. The molecule has 5 rings (SSSR count). The van der Waals surface area contributed by atoms with Crippen molar-refractivity contribution in [3.63, 3.8) is 0 Å². The van der Waals surface area contributed by atoms with E-state index in [9.17, 15) is 27.6 Å². The molecular weight excluding hydrogens is 511 g/mol. The molecule has 11 heteroatoms. The van der Waals surface area contributed by atoms with Gasteiger partial charge in [-0.3, -0.25) is 19.0 Å². The summed E-state index contributed by atoms with van der Waals surface area (Å²) < 4.78 is 40.0. The van der Waals surface area contributed by atoms with Crippen LogP contribution in [-0.4, -0.2) is 62.3 Å². The number of hydrogen-bond acceptors (Lipinski definition) is 5. The number of piperazine rings is 1. The van der Waals surface area contributed by atoms with E-state index in [4.69, 9.17) is 0 Å². The molecule has 1 aliphatic rings. The third-order valence-electron chi connectivity index (χ3n) is 6.68. The lowest BCUT2D eigenvalue weighted by atomic mass is 10.1. The number of fused-ring (bicyclic) bond motifs is 1. The predicted octanol–water partition coefficient (Wildman–Crippen LogP) is 3.65. The molecule has 4 aromatic rings. The number of pyridine rings is 1. The van der Waals surface area contributed by atoms with Gasteiger partial charge in [-0.2, -0.15) is 13.2 Å². The standard InChI is InChI=1S/C28H24F3N5O3/c29-28(30,31)21-10-8-20(9-11-21)25(37)34-15-17-35(18-16-34)26(38)23-27(39)36(14-12-19-5-2-1-3-6-19)24-22(33-23)7-4-13-32-24/h1-11,13H,12,14-18H2. The molecule has 0 unspecified atom stereocenters. The summed E-state index contributed by atoms with van der Waals surface area (Å²) in [4.78, 5) is 51.2. The van der Waals surface area contributed by atoms with Gasteiger partial charge in [0.2, 0.25) is 0 Å². The predicted molar refractivity (Wildman–Crippen MR) is 137 cm³/mol. The fourth-order valence-electron chi connectivity index (χ4n) is 4.56. The first-order chi connectivity index (χ1) is 18.7. The number of carbonyl (C=O) groups excluding carboxylic acids is 2. The Hall–Kier alpha value is -4.54. The van der Waals surface area contributed by atoms with Crippen LogP contribution in [0.3, 0.4) is 0 Å². The Balaban J connectivity index is 1.32. The monoisotopic (exact) mass is 535 g/mol. The highest BCUT2D eigenvalue weighted by molar-refractivity contribution is 5.95. The van der Waals surface area contributed by atoms with Gasteiger partial charge in [0.25, 0.3) is 17.4 Å². The summed E-state index contributed by atoms with van der Waals surface area (Å²) in [5, 5.41) is 0. The van der Waals surface area contributed by atoms with Crippen LogP contribution in [0.2, 0.25) is 0 Å². The summed E-state index contributed by atoms with van der Waals surface area (Å²) in [6.45, 7) is 0.962. The van der Waals surface area contributed by atoms with Crippen LogP contribution in [0.4, 0.5) is 13.2 Å². The second-order valence-electron chi connectivity index (χ2n) is 9.16. The summed E-state index contributed by atoms with van der Waals surface area (Å²) >= 11 is 0. The maximum Gasteiger partial charge on any atom is 0.416 e. The van der Waals surface area contributed by atoms with Gasteiger partial charge in [-0.25, -0.2) is 9.97 Å². The lowest BCUT2D eigenvalue weighted by molar-refractivity contribution is -0.137. The molecule has 8 nitrogen and oxygen atoms in total. The van der Waals surface area contributed by atoms with Crippen LogP contribution in [0.5, 0.6) is 0 Å². The van der Waals surface area contributed by atoms with E-state index in [1.807, 2.05) is 30.3 Å². The van der Waals surface area contributed by atoms with Crippen LogP contribution in [0.1, 0.15) is 32.0 Å². The first-order valence-corrected chi connectivity index (χ1v) is 12.4. The SMILES string of the molecule is O=C(c1ccc(C(F)(F)F)cc1)N1CCN(C(=O)c2nc3cccnc3n(CCc3ccccc3)c2=O)CC1. The third kappa shape index (κ3) is 5.52. The number of benzene rings is 2. The molecule has 1 fully saturated rings. The fraction of sp³-hybridized carbons (Fsp3) is 0.250. The maximum absolute atomic E-state index is 13.4. The molecule has 39 heavy (non-hydrogen) atoms. The van der Waals surface area contributed by atoms with Gasteiger partial charge < -0.3 is 9.80 Å². The van der Waals surface area contributed by atoms with E-state index in [1.165, 1.54) is 14.4 Å². The number of hydrogen-bond donors (Lipinski definition) is 0. The summed E-state index contributed by atoms with van der Waals surface area (Å²) in [5.74, 6) is -0.963. The normalized spacial score (nSPS) is 14.0. The van der Waals surface area contributed by atoms with Crippen molar-refractivity contribution in [2.75, 3.05) is 26.2 Å². The highest BCUT2D eigenvalue weighted by atomic mass is 19.4. The topological polar surface area (TPSA) is 88.4 Å². The minimum absolute atomic E-state index is 0.132. The molecule has 1 saturated heterocycles. The molecule has 0 radical (unpaired) electrons. The fourth-order valence-corrected chi connectivity index (χ4v) is 4.56. The van der Waals surface area contributed by atoms with Crippen LogP contribution >= 0.6 is 0 Å². The van der Waals surface area contributed by atoms with E-state index in [1.54, 1.807) is 18.3 Å². The number of alkyl halides is 3. The molecule has 0 spiro atoms. The number of amides is 2. The lowest BCUT2D eigenvalue weighted by Gasteiger charge is -2.34.